The largest absolute Gasteiger partial charge is 0.352 e. The van der Waals surface area contributed by atoms with E-state index in [1.807, 2.05) is 24.3 Å². The molecule has 0 bridgehead atoms. The Hall–Kier alpha value is -3.52. The molecule has 0 aliphatic carbocycles. The Balaban J connectivity index is 1.34. The van der Waals surface area contributed by atoms with Crippen molar-refractivity contribution in [1.29, 1.82) is 0 Å². The van der Waals surface area contributed by atoms with Crippen molar-refractivity contribution >= 4 is 27.8 Å². The van der Waals surface area contributed by atoms with E-state index < -0.39 is 0 Å². The van der Waals surface area contributed by atoms with Gasteiger partial charge in [-0.1, -0.05) is 18.2 Å². The smallest absolute Gasteiger partial charge is 0.299 e. The van der Waals surface area contributed by atoms with E-state index in [1.54, 1.807) is 24.3 Å². The van der Waals surface area contributed by atoms with Crippen molar-refractivity contribution in [2.24, 2.45) is 0 Å². The van der Waals surface area contributed by atoms with Crippen LogP contribution in [0, 0.1) is 0 Å². The second-order valence-corrected chi connectivity index (χ2v) is 8.06. The highest BCUT2D eigenvalue weighted by Gasteiger charge is 2.20. The second-order valence-electron chi connectivity index (χ2n) is 8.06. The molecule has 0 radical (unpaired) electrons. The molecule has 0 saturated carbocycles. The highest BCUT2D eigenvalue weighted by molar-refractivity contribution is 6.00. The Bertz CT molecular complexity index is 1310. The number of aromatic nitrogens is 4. The van der Waals surface area contributed by atoms with Crippen molar-refractivity contribution in [3.8, 4) is 5.69 Å². The van der Waals surface area contributed by atoms with Crippen molar-refractivity contribution in [3.63, 3.8) is 0 Å². The molecule has 1 aliphatic heterocycles. The fourth-order valence-corrected chi connectivity index (χ4v) is 4.33. The number of amides is 1. The Morgan fingerprint density at radius 2 is 1.97 bits per heavy atom. The Kier molecular flexibility index (Phi) is 4.99. The minimum atomic E-state index is -0.272. The van der Waals surface area contributed by atoms with Crippen LogP contribution in [0.5, 0.6) is 0 Å². The lowest BCUT2D eigenvalue weighted by Gasteiger charge is -2.19. The zero-order valence-electron chi connectivity index (χ0n) is 17.3. The molecule has 1 aliphatic rings. The number of hydrogen-bond donors (Lipinski definition) is 2. The van der Waals surface area contributed by atoms with Gasteiger partial charge < -0.3 is 10.2 Å². The van der Waals surface area contributed by atoms with Gasteiger partial charge in [-0.15, -0.1) is 10.2 Å². The summed E-state index contributed by atoms with van der Waals surface area (Å²) < 4.78 is 1.43. The van der Waals surface area contributed by atoms with Gasteiger partial charge in [0.25, 0.3) is 11.5 Å². The molecular formula is C23H24N6O2. The third-order valence-corrected chi connectivity index (χ3v) is 6.12. The molecule has 1 unspecified atom stereocenters. The summed E-state index contributed by atoms with van der Waals surface area (Å²) in [6, 6.07) is 15.1. The number of nitrogens with zero attached hydrogens (tertiary/aromatic N) is 4. The maximum atomic E-state index is 12.8. The summed E-state index contributed by atoms with van der Waals surface area (Å²) in [4.78, 5) is 27.7. The first-order valence-corrected chi connectivity index (χ1v) is 10.6. The number of rotatable bonds is 5. The Morgan fingerprint density at radius 1 is 1.16 bits per heavy atom. The van der Waals surface area contributed by atoms with Gasteiger partial charge in [0.1, 0.15) is 0 Å². The topological polar surface area (TPSA) is 95.9 Å². The monoisotopic (exact) mass is 416 g/mol. The Morgan fingerprint density at radius 3 is 2.74 bits per heavy atom. The lowest BCUT2D eigenvalue weighted by atomic mass is 10.1. The molecule has 1 fully saturated rings. The van der Waals surface area contributed by atoms with Crippen molar-refractivity contribution in [2.45, 2.75) is 25.3 Å². The van der Waals surface area contributed by atoms with Crippen molar-refractivity contribution in [2.75, 3.05) is 20.1 Å². The fourth-order valence-electron chi connectivity index (χ4n) is 4.33. The summed E-state index contributed by atoms with van der Waals surface area (Å²) in [6.45, 7) is 1.79. The third-order valence-electron chi connectivity index (χ3n) is 6.12. The van der Waals surface area contributed by atoms with E-state index in [4.69, 9.17) is 0 Å². The average molecular weight is 416 g/mol. The molecule has 31 heavy (non-hydrogen) atoms. The maximum absolute atomic E-state index is 12.8. The third kappa shape index (κ3) is 3.59. The van der Waals surface area contributed by atoms with Gasteiger partial charge >= 0.3 is 0 Å². The molecule has 3 heterocycles. The first-order valence-electron chi connectivity index (χ1n) is 10.6. The number of benzene rings is 2. The number of carbonyl (C=O) groups excluding carboxylic acids is 1. The summed E-state index contributed by atoms with van der Waals surface area (Å²) in [6.07, 6.45) is 3.38. The number of likely N-dealkylation sites (tertiary alicyclic amines) is 1. The lowest BCUT2D eigenvalue weighted by molar-refractivity contribution is 0.0950. The molecule has 8 nitrogen and oxygen atoms in total. The van der Waals surface area contributed by atoms with Crippen LogP contribution in [-0.4, -0.2) is 57.0 Å². The van der Waals surface area contributed by atoms with E-state index in [0.717, 1.165) is 23.9 Å². The molecule has 2 N–H and O–H groups in total. The quantitative estimate of drug-likeness (QED) is 0.521. The molecule has 2 aromatic carbocycles. The van der Waals surface area contributed by atoms with Gasteiger partial charge in [-0.2, -0.15) is 0 Å². The minimum Gasteiger partial charge on any atom is -0.352 e. The summed E-state index contributed by atoms with van der Waals surface area (Å²) in [5.41, 5.74) is 2.59. The van der Waals surface area contributed by atoms with E-state index in [1.165, 1.54) is 17.5 Å². The van der Waals surface area contributed by atoms with Gasteiger partial charge in [0.2, 0.25) is 0 Å². The van der Waals surface area contributed by atoms with Crippen LogP contribution < -0.4 is 10.9 Å². The Labute approximate surface area is 178 Å². The second kappa shape index (κ2) is 7.96. The summed E-state index contributed by atoms with van der Waals surface area (Å²) in [5.74, 6) is -0.104. The van der Waals surface area contributed by atoms with E-state index >= 15 is 0 Å². The molecule has 8 heteroatoms. The van der Waals surface area contributed by atoms with Crippen LogP contribution in [0.4, 0.5) is 0 Å². The van der Waals surface area contributed by atoms with Crippen molar-refractivity contribution in [1.82, 2.24) is 30.2 Å². The van der Waals surface area contributed by atoms with Crippen LogP contribution in [0.3, 0.4) is 0 Å². The van der Waals surface area contributed by atoms with E-state index in [0.29, 0.717) is 29.4 Å². The predicted molar refractivity (Wildman–Crippen MR) is 120 cm³/mol. The van der Waals surface area contributed by atoms with Crippen molar-refractivity contribution in [3.05, 3.63) is 64.4 Å². The summed E-state index contributed by atoms with van der Waals surface area (Å²) >= 11 is 0. The molecule has 158 valence electrons. The standard InChI is InChI=1S/C23H24N6O2/c1-28-14-4-5-16(28)12-13-24-22(30)15-8-10-17(11-9-15)29-23(31)21-20(27-29)18-6-2-3-7-19(18)25-26-21/h2-3,6-11,16,27H,4-5,12-14H2,1H3,(H,24,30). The summed E-state index contributed by atoms with van der Waals surface area (Å²) in [7, 11) is 2.14. The first-order chi connectivity index (χ1) is 15.1. The number of hydrogen-bond acceptors (Lipinski definition) is 5. The van der Waals surface area contributed by atoms with Gasteiger partial charge in [0, 0.05) is 23.5 Å². The van der Waals surface area contributed by atoms with Gasteiger partial charge in [-0.25, -0.2) is 4.68 Å². The fraction of sp³-hybridized carbons (Fsp3) is 0.304. The van der Waals surface area contributed by atoms with Crippen LogP contribution in [0.1, 0.15) is 29.6 Å². The van der Waals surface area contributed by atoms with Crippen LogP contribution in [-0.2, 0) is 0 Å². The van der Waals surface area contributed by atoms with E-state index in [2.05, 4.69) is 32.6 Å². The van der Waals surface area contributed by atoms with Crippen molar-refractivity contribution < 1.29 is 4.79 Å². The van der Waals surface area contributed by atoms with Gasteiger partial charge in [-0.05, 0) is 63.2 Å². The maximum Gasteiger partial charge on any atom is 0.299 e. The van der Waals surface area contributed by atoms with Crippen LogP contribution >= 0.6 is 0 Å². The first kappa shape index (κ1) is 19.4. The number of nitrogens with one attached hydrogen (secondary N) is 2. The average Bonchev–Trinajstić information content (AvgIpc) is 3.36. The number of fused-ring (bicyclic) bond motifs is 3. The van der Waals surface area contributed by atoms with Crippen LogP contribution in [0.25, 0.3) is 27.6 Å². The van der Waals surface area contributed by atoms with E-state index in [9.17, 15) is 9.59 Å². The molecular weight excluding hydrogens is 392 g/mol. The molecule has 5 rings (SSSR count). The SMILES string of the molecule is CN1CCCC1CCNC(=O)c1ccc(-n2[nH]c3c(nnc4ccccc43)c2=O)cc1. The van der Waals surface area contributed by atoms with Crippen LogP contribution in [0.15, 0.2) is 53.3 Å². The molecule has 4 aromatic rings. The molecule has 2 aromatic heterocycles. The van der Waals surface area contributed by atoms with Gasteiger partial charge in [0.15, 0.2) is 5.52 Å². The molecule has 1 amide bonds. The number of H-pyrrole nitrogens is 1. The number of carbonyl (C=O) groups is 1. The van der Waals surface area contributed by atoms with E-state index in [-0.39, 0.29) is 17.0 Å². The zero-order valence-corrected chi connectivity index (χ0v) is 17.3. The zero-order chi connectivity index (χ0) is 21.4. The van der Waals surface area contributed by atoms with Gasteiger partial charge in [0.05, 0.1) is 16.7 Å². The molecule has 1 atom stereocenters. The minimum absolute atomic E-state index is 0.104. The molecule has 1 saturated heterocycles. The number of aromatic amines is 1. The summed E-state index contributed by atoms with van der Waals surface area (Å²) in [5, 5.41) is 15.2. The van der Waals surface area contributed by atoms with Crippen LogP contribution in [0.2, 0.25) is 0 Å². The molecule has 0 spiro atoms. The predicted octanol–water partition coefficient (Wildman–Crippen LogP) is 2.48. The highest BCUT2D eigenvalue weighted by atomic mass is 16.1. The highest BCUT2D eigenvalue weighted by Crippen LogP contribution is 2.19. The van der Waals surface area contributed by atoms with Gasteiger partial charge in [-0.3, -0.25) is 14.7 Å². The lowest BCUT2D eigenvalue weighted by Crippen LogP contribution is -2.31. The normalized spacial score (nSPS) is 16.9.